The molecule has 4 nitrogen and oxygen atoms in total. The molecular weight excluding hydrogens is 224 g/mol. The van der Waals surface area contributed by atoms with Crippen LogP contribution in [0.2, 0.25) is 0 Å². The van der Waals surface area contributed by atoms with E-state index in [0.717, 1.165) is 25.6 Å². The van der Waals surface area contributed by atoms with Crippen molar-refractivity contribution in [2.24, 2.45) is 11.7 Å². The van der Waals surface area contributed by atoms with E-state index < -0.39 is 0 Å². The van der Waals surface area contributed by atoms with Gasteiger partial charge in [-0.3, -0.25) is 9.58 Å². The maximum Gasteiger partial charge on any atom is 0.0524 e. The summed E-state index contributed by atoms with van der Waals surface area (Å²) in [5.74, 6) is 0.867. The van der Waals surface area contributed by atoms with Crippen molar-refractivity contribution in [3.8, 4) is 0 Å². The lowest BCUT2D eigenvalue weighted by atomic mass is 9.89. The van der Waals surface area contributed by atoms with Crippen LogP contribution in [0, 0.1) is 5.92 Å². The fourth-order valence-corrected chi connectivity index (χ4v) is 2.99. The van der Waals surface area contributed by atoms with Gasteiger partial charge in [-0.15, -0.1) is 0 Å². The average molecular weight is 250 g/mol. The first-order valence-corrected chi connectivity index (χ1v) is 7.23. The quantitative estimate of drug-likeness (QED) is 0.867. The third-order valence-corrected chi connectivity index (χ3v) is 4.26. The maximum absolute atomic E-state index is 5.95. The molecule has 0 radical (unpaired) electrons. The monoisotopic (exact) mass is 250 g/mol. The Morgan fingerprint density at radius 2 is 2.28 bits per heavy atom. The lowest BCUT2D eigenvalue weighted by Crippen LogP contribution is -2.46. The van der Waals surface area contributed by atoms with E-state index in [1.165, 1.54) is 31.5 Å². The fourth-order valence-electron chi connectivity index (χ4n) is 2.99. The number of aromatic nitrogens is 2. The topological polar surface area (TPSA) is 47.1 Å². The standard InChI is InChI=1S/C14H26N4/c1-3-12-6-8-17(14(9-12)10-15)11-13-5-7-16-18(13)4-2/h5,7,12,14H,3-4,6,8-11,15H2,1-2H3. The zero-order valence-electron chi connectivity index (χ0n) is 11.7. The number of rotatable bonds is 5. The Labute approximate surface area is 110 Å². The second kappa shape index (κ2) is 6.34. The number of piperidine rings is 1. The number of aryl methyl sites for hydroxylation is 1. The second-order valence-electron chi connectivity index (χ2n) is 5.30. The van der Waals surface area contributed by atoms with Gasteiger partial charge < -0.3 is 5.73 Å². The molecule has 1 aliphatic rings. The summed E-state index contributed by atoms with van der Waals surface area (Å²) in [6, 6.07) is 2.67. The summed E-state index contributed by atoms with van der Waals surface area (Å²) < 4.78 is 2.08. The van der Waals surface area contributed by atoms with E-state index >= 15 is 0 Å². The Kier molecular flexibility index (Phi) is 4.78. The van der Waals surface area contributed by atoms with Gasteiger partial charge in [0.25, 0.3) is 0 Å². The van der Waals surface area contributed by atoms with Crippen LogP contribution < -0.4 is 5.73 Å². The Hall–Kier alpha value is -0.870. The molecule has 0 aliphatic carbocycles. The molecule has 0 amide bonds. The van der Waals surface area contributed by atoms with Crippen molar-refractivity contribution in [1.29, 1.82) is 0 Å². The maximum atomic E-state index is 5.95. The summed E-state index contributed by atoms with van der Waals surface area (Å²) >= 11 is 0. The molecule has 18 heavy (non-hydrogen) atoms. The SMILES string of the molecule is CCC1CCN(Cc2ccnn2CC)C(CN)C1. The van der Waals surface area contributed by atoms with Crippen molar-refractivity contribution in [3.63, 3.8) is 0 Å². The summed E-state index contributed by atoms with van der Waals surface area (Å²) in [5.41, 5.74) is 7.26. The Morgan fingerprint density at radius 1 is 1.44 bits per heavy atom. The number of hydrogen-bond donors (Lipinski definition) is 1. The third kappa shape index (κ3) is 2.93. The van der Waals surface area contributed by atoms with E-state index in [-0.39, 0.29) is 0 Å². The molecule has 1 fully saturated rings. The highest BCUT2D eigenvalue weighted by Gasteiger charge is 2.27. The van der Waals surface area contributed by atoms with Gasteiger partial charge in [0.2, 0.25) is 0 Å². The van der Waals surface area contributed by atoms with Crippen LogP contribution in [-0.4, -0.2) is 33.8 Å². The molecule has 1 aromatic heterocycles. The van der Waals surface area contributed by atoms with Crippen LogP contribution in [0.25, 0.3) is 0 Å². The zero-order valence-corrected chi connectivity index (χ0v) is 11.7. The summed E-state index contributed by atoms with van der Waals surface area (Å²) in [6.07, 6.45) is 5.76. The second-order valence-corrected chi connectivity index (χ2v) is 5.30. The van der Waals surface area contributed by atoms with Gasteiger partial charge in [0, 0.05) is 31.9 Å². The minimum Gasteiger partial charge on any atom is -0.329 e. The van der Waals surface area contributed by atoms with E-state index in [1.54, 1.807) is 0 Å². The van der Waals surface area contributed by atoms with Crippen LogP contribution in [0.15, 0.2) is 12.3 Å². The van der Waals surface area contributed by atoms with Gasteiger partial charge >= 0.3 is 0 Å². The molecule has 1 aromatic rings. The van der Waals surface area contributed by atoms with E-state index in [1.807, 2.05) is 6.20 Å². The van der Waals surface area contributed by atoms with E-state index in [2.05, 4.69) is 34.6 Å². The Balaban J connectivity index is 2.00. The van der Waals surface area contributed by atoms with Crippen molar-refractivity contribution >= 4 is 0 Å². The molecule has 2 unspecified atom stereocenters. The van der Waals surface area contributed by atoms with Crippen molar-refractivity contribution in [2.45, 2.75) is 52.2 Å². The van der Waals surface area contributed by atoms with Crippen LogP contribution in [0.5, 0.6) is 0 Å². The van der Waals surface area contributed by atoms with Crippen molar-refractivity contribution in [1.82, 2.24) is 14.7 Å². The first-order chi connectivity index (χ1) is 8.78. The molecule has 4 heteroatoms. The molecule has 102 valence electrons. The van der Waals surface area contributed by atoms with Gasteiger partial charge in [-0.1, -0.05) is 13.3 Å². The van der Waals surface area contributed by atoms with Crippen LogP contribution in [0.4, 0.5) is 0 Å². The van der Waals surface area contributed by atoms with Gasteiger partial charge in [-0.2, -0.15) is 5.10 Å². The van der Waals surface area contributed by atoms with Crippen molar-refractivity contribution < 1.29 is 0 Å². The van der Waals surface area contributed by atoms with Crippen molar-refractivity contribution in [3.05, 3.63) is 18.0 Å². The smallest absolute Gasteiger partial charge is 0.0524 e. The number of nitrogens with two attached hydrogens (primary N) is 1. The summed E-state index contributed by atoms with van der Waals surface area (Å²) in [7, 11) is 0. The number of likely N-dealkylation sites (tertiary alicyclic amines) is 1. The summed E-state index contributed by atoms with van der Waals surface area (Å²) in [4.78, 5) is 2.54. The van der Waals surface area contributed by atoms with Gasteiger partial charge in [0.05, 0.1) is 5.69 Å². The van der Waals surface area contributed by atoms with Crippen molar-refractivity contribution in [2.75, 3.05) is 13.1 Å². The molecule has 2 N–H and O–H groups in total. The third-order valence-electron chi connectivity index (χ3n) is 4.26. The zero-order chi connectivity index (χ0) is 13.0. The predicted octanol–water partition coefficient (Wildman–Crippen LogP) is 1.85. The highest BCUT2D eigenvalue weighted by atomic mass is 15.3. The number of hydrogen-bond acceptors (Lipinski definition) is 3. The van der Waals surface area contributed by atoms with Gasteiger partial charge in [0.1, 0.15) is 0 Å². The molecule has 1 saturated heterocycles. The van der Waals surface area contributed by atoms with Gasteiger partial charge in [0.15, 0.2) is 0 Å². The van der Waals surface area contributed by atoms with Crippen LogP contribution in [0.1, 0.15) is 38.8 Å². The largest absolute Gasteiger partial charge is 0.329 e. The van der Waals surface area contributed by atoms with Crippen LogP contribution >= 0.6 is 0 Å². The van der Waals surface area contributed by atoms with Crippen LogP contribution in [0.3, 0.4) is 0 Å². The highest BCUT2D eigenvalue weighted by molar-refractivity contribution is 5.01. The first kappa shape index (κ1) is 13.6. The molecule has 0 bridgehead atoms. The van der Waals surface area contributed by atoms with Gasteiger partial charge in [-0.25, -0.2) is 0 Å². The highest BCUT2D eigenvalue weighted by Crippen LogP contribution is 2.26. The number of nitrogens with zero attached hydrogens (tertiary/aromatic N) is 3. The fraction of sp³-hybridized carbons (Fsp3) is 0.786. The molecule has 0 spiro atoms. The molecule has 0 aromatic carbocycles. The average Bonchev–Trinajstić information content (AvgIpc) is 2.86. The molecule has 2 heterocycles. The molecule has 2 rings (SSSR count). The van der Waals surface area contributed by atoms with Crippen LogP contribution in [-0.2, 0) is 13.1 Å². The minimum atomic E-state index is 0.545. The Bertz CT molecular complexity index is 360. The molecule has 1 aliphatic heterocycles. The lowest BCUT2D eigenvalue weighted by molar-refractivity contribution is 0.104. The lowest BCUT2D eigenvalue weighted by Gasteiger charge is -2.38. The van der Waals surface area contributed by atoms with E-state index in [4.69, 9.17) is 5.73 Å². The first-order valence-electron chi connectivity index (χ1n) is 7.23. The normalized spacial score (nSPS) is 25.5. The molecule has 0 saturated carbocycles. The summed E-state index contributed by atoms with van der Waals surface area (Å²) in [5, 5.41) is 4.34. The van der Waals surface area contributed by atoms with E-state index in [0.29, 0.717) is 6.04 Å². The molecular formula is C14H26N4. The predicted molar refractivity (Wildman–Crippen MR) is 74.2 cm³/mol. The Morgan fingerprint density at radius 3 is 2.94 bits per heavy atom. The van der Waals surface area contributed by atoms with Gasteiger partial charge in [-0.05, 0) is 38.3 Å². The molecule has 2 atom stereocenters. The van der Waals surface area contributed by atoms with E-state index in [9.17, 15) is 0 Å². The summed E-state index contributed by atoms with van der Waals surface area (Å²) in [6.45, 7) is 8.32. The minimum absolute atomic E-state index is 0.545.